The summed E-state index contributed by atoms with van der Waals surface area (Å²) < 4.78 is 0. The van der Waals surface area contributed by atoms with Gasteiger partial charge in [-0.15, -0.1) is 0 Å². The van der Waals surface area contributed by atoms with Crippen LogP contribution in [-0.2, 0) is 0 Å². The number of hydrogen-bond donors (Lipinski definition) is 2. The summed E-state index contributed by atoms with van der Waals surface area (Å²) in [5.41, 5.74) is 0.215. The number of aliphatic hydroxyl groups is 1. The van der Waals surface area contributed by atoms with E-state index in [2.05, 4.69) is 17.3 Å². The van der Waals surface area contributed by atoms with E-state index in [4.69, 9.17) is 0 Å². The highest BCUT2D eigenvalue weighted by atomic mass is 16.3. The van der Waals surface area contributed by atoms with Gasteiger partial charge in [0.25, 0.3) is 0 Å². The molecule has 2 atom stereocenters. The normalized spacial score (nSPS) is 44.0. The molecule has 0 aromatic rings. The van der Waals surface area contributed by atoms with Gasteiger partial charge in [-0.05, 0) is 33.0 Å². The van der Waals surface area contributed by atoms with Gasteiger partial charge in [-0.2, -0.15) is 0 Å². The molecule has 3 nitrogen and oxygen atoms in total. The Hall–Kier alpha value is -0.120. The Labute approximate surface area is 73.8 Å². The van der Waals surface area contributed by atoms with Crippen LogP contribution in [0, 0.1) is 5.41 Å². The second kappa shape index (κ2) is 2.98. The molecule has 0 aromatic heterocycles. The number of hydrogen-bond acceptors (Lipinski definition) is 3. The summed E-state index contributed by atoms with van der Waals surface area (Å²) in [4.78, 5) is 2.22. The highest BCUT2D eigenvalue weighted by Crippen LogP contribution is 2.36. The largest absolute Gasteiger partial charge is 0.391 e. The molecule has 0 bridgehead atoms. The maximum atomic E-state index is 9.95. The third-order valence-corrected chi connectivity index (χ3v) is 3.46. The van der Waals surface area contributed by atoms with Crippen molar-refractivity contribution in [2.24, 2.45) is 5.41 Å². The van der Waals surface area contributed by atoms with Crippen LogP contribution in [0.3, 0.4) is 0 Å². The summed E-state index contributed by atoms with van der Waals surface area (Å²) in [6, 6.07) is 0. The Kier molecular flexibility index (Phi) is 2.10. The fourth-order valence-electron chi connectivity index (χ4n) is 2.42. The van der Waals surface area contributed by atoms with Crippen LogP contribution in [0.1, 0.15) is 12.8 Å². The van der Waals surface area contributed by atoms with Gasteiger partial charge in [0, 0.05) is 18.5 Å². The molecule has 0 aliphatic carbocycles. The van der Waals surface area contributed by atoms with Crippen LogP contribution in [0.4, 0.5) is 0 Å². The van der Waals surface area contributed by atoms with Crippen molar-refractivity contribution < 1.29 is 5.11 Å². The zero-order valence-corrected chi connectivity index (χ0v) is 7.71. The van der Waals surface area contributed by atoms with Crippen LogP contribution >= 0.6 is 0 Å². The van der Waals surface area contributed by atoms with E-state index in [0.29, 0.717) is 0 Å². The van der Waals surface area contributed by atoms with Crippen molar-refractivity contribution >= 4 is 0 Å². The molecule has 2 unspecified atom stereocenters. The quantitative estimate of drug-likeness (QED) is 0.522. The van der Waals surface area contributed by atoms with E-state index in [1.54, 1.807) is 0 Å². The third kappa shape index (κ3) is 1.26. The summed E-state index contributed by atoms with van der Waals surface area (Å²) in [5, 5.41) is 13.3. The molecule has 0 amide bonds. The van der Waals surface area contributed by atoms with E-state index in [1.165, 1.54) is 0 Å². The first-order chi connectivity index (χ1) is 5.73. The summed E-state index contributed by atoms with van der Waals surface area (Å²) in [6.45, 7) is 4.09. The molecule has 2 saturated heterocycles. The molecule has 2 rings (SSSR count). The summed E-state index contributed by atoms with van der Waals surface area (Å²) in [6.07, 6.45) is 2.19. The predicted molar refractivity (Wildman–Crippen MR) is 48.0 cm³/mol. The first kappa shape index (κ1) is 8.48. The number of likely N-dealkylation sites (N-methyl/N-ethyl adjacent to an activating group) is 1. The van der Waals surface area contributed by atoms with Crippen molar-refractivity contribution in [1.29, 1.82) is 0 Å². The lowest BCUT2D eigenvalue weighted by Crippen LogP contribution is -2.50. The molecule has 2 aliphatic heterocycles. The summed E-state index contributed by atoms with van der Waals surface area (Å²) in [7, 11) is 2.08. The average molecular weight is 170 g/mol. The second-order valence-corrected chi connectivity index (χ2v) is 4.32. The van der Waals surface area contributed by atoms with Crippen molar-refractivity contribution in [3.8, 4) is 0 Å². The van der Waals surface area contributed by atoms with E-state index in [-0.39, 0.29) is 11.5 Å². The molecule has 12 heavy (non-hydrogen) atoms. The minimum absolute atomic E-state index is 0.119. The molecule has 2 N–H and O–H groups in total. The SMILES string of the molecule is CN1CCC2(CCNC2)C(O)C1. The predicted octanol–water partition coefficient (Wildman–Crippen LogP) is -0.338. The fourth-order valence-corrected chi connectivity index (χ4v) is 2.42. The van der Waals surface area contributed by atoms with Crippen LogP contribution in [-0.4, -0.2) is 49.3 Å². The molecule has 2 fully saturated rings. The van der Waals surface area contributed by atoms with Crippen LogP contribution in [0.25, 0.3) is 0 Å². The standard InChI is InChI=1S/C9H18N2O/c1-11-5-3-9(8(12)6-11)2-4-10-7-9/h8,10,12H,2-7H2,1H3. The third-order valence-electron chi connectivity index (χ3n) is 3.46. The Balaban J connectivity index is 2.05. The van der Waals surface area contributed by atoms with Gasteiger partial charge in [0.15, 0.2) is 0 Å². The maximum Gasteiger partial charge on any atom is 0.0736 e. The van der Waals surface area contributed by atoms with Crippen molar-refractivity contribution in [3.05, 3.63) is 0 Å². The number of aliphatic hydroxyl groups excluding tert-OH is 1. The highest BCUT2D eigenvalue weighted by Gasteiger charge is 2.43. The number of likely N-dealkylation sites (tertiary alicyclic amines) is 1. The fraction of sp³-hybridized carbons (Fsp3) is 1.00. The van der Waals surface area contributed by atoms with Gasteiger partial charge in [0.2, 0.25) is 0 Å². The van der Waals surface area contributed by atoms with Gasteiger partial charge in [0.1, 0.15) is 0 Å². The molecule has 0 saturated carbocycles. The molecule has 2 aliphatic rings. The topological polar surface area (TPSA) is 35.5 Å². The Morgan fingerprint density at radius 3 is 2.92 bits per heavy atom. The lowest BCUT2D eigenvalue weighted by Gasteiger charge is -2.41. The van der Waals surface area contributed by atoms with Crippen LogP contribution < -0.4 is 5.32 Å². The van der Waals surface area contributed by atoms with E-state index < -0.39 is 0 Å². The number of nitrogens with zero attached hydrogens (tertiary/aromatic N) is 1. The Morgan fingerprint density at radius 2 is 2.33 bits per heavy atom. The van der Waals surface area contributed by atoms with Crippen LogP contribution in [0.15, 0.2) is 0 Å². The lowest BCUT2D eigenvalue weighted by molar-refractivity contribution is -0.0269. The number of piperidine rings is 1. The van der Waals surface area contributed by atoms with Crippen molar-refractivity contribution in [2.45, 2.75) is 18.9 Å². The maximum absolute atomic E-state index is 9.95. The molecule has 0 radical (unpaired) electrons. The van der Waals surface area contributed by atoms with Crippen molar-refractivity contribution in [2.75, 3.05) is 33.2 Å². The molecular weight excluding hydrogens is 152 g/mol. The molecule has 3 heteroatoms. The molecule has 70 valence electrons. The van der Waals surface area contributed by atoms with Gasteiger partial charge in [0.05, 0.1) is 6.10 Å². The zero-order chi connectivity index (χ0) is 8.60. The molecular formula is C9H18N2O. The Morgan fingerprint density at radius 1 is 1.50 bits per heavy atom. The van der Waals surface area contributed by atoms with Gasteiger partial charge in [-0.1, -0.05) is 0 Å². The van der Waals surface area contributed by atoms with E-state index in [1.807, 2.05) is 0 Å². The van der Waals surface area contributed by atoms with Gasteiger partial charge in [-0.25, -0.2) is 0 Å². The van der Waals surface area contributed by atoms with E-state index in [0.717, 1.165) is 39.0 Å². The molecule has 0 aromatic carbocycles. The monoisotopic (exact) mass is 170 g/mol. The molecule has 1 spiro atoms. The van der Waals surface area contributed by atoms with E-state index >= 15 is 0 Å². The molecule has 2 heterocycles. The highest BCUT2D eigenvalue weighted by molar-refractivity contribution is 4.97. The number of rotatable bonds is 0. The summed E-state index contributed by atoms with van der Waals surface area (Å²) >= 11 is 0. The zero-order valence-electron chi connectivity index (χ0n) is 7.71. The second-order valence-electron chi connectivity index (χ2n) is 4.32. The number of nitrogens with one attached hydrogen (secondary N) is 1. The minimum atomic E-state index is -0.119. The summed E-state index contributed by atoms with van der Waals surface area (Å²) in [5.74, 6) is 0. The van der Waals surface area contributed by atoms with Gasteiger partial charge >= 0.3 is 0 Å². The van der Waals surface area contributed by atoms with Gasteiger partial charge < -0.3 is 15.3 Å². The average Bonchev–Trinajstić information content (AvgIpc) is 2.48. The minimum Gasteiger partial charge on any atom is -0.391 e. The smallest absolute Gasteiger partial charge is 0.0736 e. The van der Waals surface area contributed by atoms with E-state index in [9.17, 15) is 5.11 Å². The lowest BCUT2D eigenvalue weighted by atomic mass is 9.75. The first-order valence-corrected chi connectivity index (χ1v) is 4.80. The Bertz CT molecular complexity index is 166. The van der Waals surface area contributed by atoms with Crippen molar-refractivity contribution in [1.82, 2.24) is 10.2 Å². The first-order valence-electron chi connectivity index (χ1n) is 4.80. The van der Waals surface area contributed by atoms with Crippen molar-refractivity contribution in [3.63, 3.8) is 0 Å². The van der Waals surface area contributed by atoms with Crippen LogP contribution in [0.5, 0.6) is 0 Å². The van der Waals surface area contributed by atoms with Crippen LogP contribution in [0.2, 0.25) is 0 Å². The number of β-amino-alcohol motifs (C(OH)–C–C–N with tert-alkyl or cyclic N) is 1. The van der Waals surface area contributed by atoms with Gasteiger partial charge in [-0.3, -0.25) is 0 Å².